The molecular formula is C13H17Cl3N2O. The number of ether oxygens (including phenoxy) is 1. The highest BCUT2D eigenvalue weighted by Crippen LogP contribution is 2.25. The maximum Gasteiger partial charge on any atom is 0.0717 e. The molecule has 1 heterocycles. The lowest BCUT2D eigenvalue weighted by molar-refractivity contribution is 0.0448. The lowest BCUT2D eigenvalue weighted by Gasteiger charge is -2.38. The number of nitrogens with one attached hydrogen (secondary N) is 1. The minimum atomic E-state index is -0.181. The lowest BCUT2D eigenvalue weighted by Crippen LogP contribution is -2.51. The molecule has 1 aliphatic rings. The summed E-state index contributed by atoms with van der Waals surface area (Å²) in [6, 6.07) is 7.65. The molecule has 0 saturated carbocycles. The molecule has 0 radical (unpaired) electrons. The van der Waals surface area contributed by atoms with Crippen LogP contribution in [-0.4, -0.2) is 29.7 Å². The van der Waals surface area contributed by atoms with Crippen molar-refractivity contribution < 1.29 is 4.74 Å². The highest BCUT2D eigenvalue weighted by atomic mass is 35.5. The number of piperidine rings is 1. The van der Waals surface area contributed by atoms with Crippen LogP contribution in [0.3, 0.4) is 0 Å². The van der Waals surface area contributed by atoms with E-state index in [2.05, 4.69) is 4.84 Å². The van der Waals surface area contributed by atoms with E-state index in [0.29, 0.717) is 13.2 Å². The van der Waals surface area contributed by atoms with Gasteiger partial charge in [-0.1, -0.05) is 23.7 Å². The topological polar surface area (TPSA) is 24.5 Å². The van der Waals surface area contributed by atoms with E-state index in [4.69, 9.17) is 39.9 Å². The average molecular weight is 324 g/mol. The lowest BCUT2D eigenvalue weighted by atomic mass is 9.90. The van der Waals surface area contributed by atoms with Crippen molar-refractivity contribution in [1.82, 2.24) is 9.25 Å². The summed E-state index contributed by atoms with van der Waals surface area (Å²) in [5, 5.41) is 0.733. The molecule has 106 valence electrons. The molecular weight excluding hydrogens is 307 g/mol. The van der Waals surface area contributed by atoms with Gasteiger partial charge >= 0.3 is 0 Å². The average Bonchev–Trinajstić information content (AvgIpc) is 2.44. The van der Waals surface area contributed by atoms with Gasteiger partial charge < -0.3 is 4.74 Å². The molecule has 2 rings (SSSR count). The van der Waals surface area contributed by atoms with E-state index in [1.165, 1.54) is 0 Å². The van der Waals surface area contributed by atoms with Crippen molar-refractivity contribution in [3.8, 4) is 0 Å². The van der Waals surface area contributed by atoms with E-state index < -0.39 is 0 Å². The Morgan fingerprint density at radius 1 is 1.21 bits per heavy atom. The van der Waals surface area contributed by atoms with Crippen LogP contribution in [0.25, 0.3) is 0 Å². The molecule has 6 heteroatoms. The quantitative estimate of drug-likeness (QED) is 0.838. The molecule has 1 fully saturated rings. The zero-order valence-electron chi connectivity index (χ0n) is 10.5. The second kappa shape index (κ2) is 7.11. The Bertz CT molecular complexity index is 391. The SMILES string of the molecule is ClNC1(COCc2ccc(Cl)cc2)CCN(Cl)CC1. The molecule has 19 heavy (non-hydrogen) atoms. The van der Waals surface area contributed by atoms with E-state index in [9.17, 15) is 0 Å². The first-order valence-corrected chi connectivity index (χ1v) is 7.34. The van der Waals surface area contributed by atoms with Gasteiger partial charge in [0.2, 0.25) is 0 Å². The van der Waals surface area contributed by atoms with Crippen LogP contribution in [0.15, 0.2) is 24.3 Å². The summed E-state index contributed by atoms with van der Waals surface area (Å²) < 4.78 is 7.56. The van der Waals surface area contributed by atoms with Crippen LogP contribution in [0, 0.1) is 0 Å². The zero-order valence-corrected chi connectivity index (χ0v) is 12.8. The van der Waals surface area contributed by atoms with E-state index in [1.807, 2.05) is 24.3 Å². The first-order chi connectivity index (χ1) is 9.13. The Labute approximate surface area is 129 Å². The first kappa shape index (κ1) is 15.4. The fourth-order valence-corrected chi connectivity index (χ4v) is 2.66. The minimum Gasteiger partial charge on any atom is -0.375 e. The molecule has 0 spiro atoms. The summed E-state index contributed by atoms with van der Waals surface area (Å²) in [4.78, 5) is 2.87. The predicted octanol–water partition coefficient (Wildman–Crippen LogP) is 3.59. The van der Waals surface area contributed by atoms with Gasteiger partial charge in [-0.15, -0.1) is 0 Å². The summed E-state index contributed by atoms with van der Waals surface area (Å²) in [7, 11) is 0. The van der Waals surface area contributed by atoms with Crippen LogP contribution in [0.4, 0.5) is 0 Å². The molecule has 0 aromatic heterocycles. The van der Waals surface area contributed by atoms with Gasteiger partial charge in [0, 0.05) is 18.1 Å². The molecule has 0 unspecified atom stereocenters. The van der Waals surface area contributed by atoms with Crippen molar-refractivity contribution in [3.63, 3.8) is 0 Å². The summed E-state index contributed by atoms with van der Waals surface area (Å²) in [5.41, 5.74) is 0.920. The van der Waals surface area contributed by atoms with Crippen LogP contribution < -0.4 is 4.84 Å². The van der Waals surface area contributed by atoms with Gasteiger partial charge in [-0.3, -0.25) is 0 Å². The number of nitrogens with zero attached hydrogens (tertiary/aromatic N) is 1. The largest absolute Gasteiger partial charge is 0.375 e. The summed E-state index contributed by atoms with van der Waals surface area (Å²) in [6.07, 6.45) is 1.75. The third-order valence-corrected chi connectivity index (χ3v) is 4.42. The van der Waals surface area contributed by atoms with Gasteiger partial charge in [0.05, 0.1) is 18.8 Å². The molecule has 1 aromatic carbocycles. The molecule has 3 nitrogen and oxygen atoms in total. The number of hydrogen-bond donors (Lipinski definition) is 1. The Morgan fingerprint density at radius 3 is 2.42 bits per heavy atom. The van der Waals surface area contributed by atoms with Crippen molar-refractivity contribution in [2.24, 2.45) is 0 Å². The molecule has 1 aromatic rings. The standard InChI is InChI=1S/C13H17Cl3N2O/c14-12-3-1-11(2-4-12)9-19-10-13(17-15)5-7-18(16)8-6-13/h1-4,17H,5-10H2. The normalized spacial score (nSPS) is 19.5. The molecule has 0 atom stereocenters. The maximum atomic E-state index is 5.95. The van der Waals surface area contributed by atoms with Gasteiger partial charge in [0.15, 0.2) is 0 Å². The Morgan fingerprint density at radius 2 is 1.84 bits per heavy atom. The van der Waals surface area contributed by atoms with Crippen LogP contribution in [0.5, 0.6) is 0 Å². The van der Waals surface area contributed by atoms with Gasteiger partial charge in [-0.25, -0.2) is 9.25 Å². The van der Waals surface area contributed by atoms with Gasteiger partial charge in [0.1, 0.15) is 0 Å². The van der Waals surface area contributed by atoms with Gasteiger partial charge in [0.25, 0.3) is 0 Å². The van der Waals surface area contributed by atoms with E-state index in [1.54, 1.807) is 4.42 Å². The van der Waals surface area contributed by atoms with Gasteiger partial charge in [-0.05, 0) is 54.1 Å². The maximum absolute atomic E-state index is 5.95. The summed E-state index contributed by atoms with van der Waals surface area (Å²) in [5.74, 6) is 0. The van der Waals surface area contributed by atoms with Crippen molar-refractivity contribution in [1.29, 1.82) is 0 Å². The zero-order chi connectivity index (χ0) is 13.7. The number of hydrogen-bond acceptors (Lipinski definition) is 3. The molecule has 0 amide bonds. The minimum absolute atomic E-state index is 0.181. The molecule has 1 N–H and O–H groups in total. The van der Waals surface area contributed by atoms with Crippen LogP contribution in [-0.2, 0) is 11.3 Å². The van der Waals surface area contributed by atoms with Crippen LogP contribution in [0.1, 0.15) is 18.4 Å². The molecule has 0 bridgehead atoms. The third kappa shape index (κ3) is 4.48. The van der Waals surface area contributed by atoms with E-state index >= 15 is 0 Å². The molecule has 0 aliphatic carbocycles. The van der Waals surface area contributed by atoms with Crippen molar-refractivity contribution >= 4 is 35.2 Å². The second-order valence-corrected chi connectivity index (χ2v) is 6.01. The predicted molar refractivity (Wildman–Crippen MR) is 79.5 cm³/mol. The third-order valence-electron chi connectivity index (χ3n) is 3.43. The first-order valence-electron chi connectivity index (χ1n) is 6.24. The molecule has 1 aliphatic heterocycles. The Balaban J connectivity index is 1.81. The number of benzene rings is 1. The molecule has 1 saturated heterocycles. The van der Waals surface area contributed by atoms with E-state index in [0.717, 1.165) is 36.5 Å². The number of rotatable bonds is 5. The van der Waals surface area contributed by atoms with Crippen molar-refractivity contribution in [2.75, 3.05) is 19.7 Å². The van der Waals surface area contributed by atoms with Crippen molar-refractivity contribution in [3.05, 3.63) is 34.9 Å². The van der Waals surface area contributed by atoms with Crippen LogP contribution >= 0.6 is 35.2 Å². The van der Waals surface area contributed by atoms with Gasteiger partial charge in [-0.2, -0.15) is 0 Å². The summed E-state index contributed by atoms with van der Waals surface area (Å²) in [6.45, 7) is 2.75. The monoisotopic (exact) mass is 322 g/mol. The smallest absolute Gasteiger partial charge is 0.0717 e. The highest BCUT2D eigenvalue weighted by molar-refractivity contribution is 6.30. The summed E-state index contributed by atoms with van der Waals surface area (Å²) >= 11 is 17.7. The fourth-order valence-electron chi connectivity index (χ4n) is 2.12. The Kier molecular flexibility index (Phi) is 5.75. The highest BCUT2D eigenvalue weighted by Gasteiger charge is 2.33. The Hall–Kier alpha value is -0.0300. The second-order valence-electron chi connectivity index (χ2n) is 4.90. The number of halogens is 3. The fraction of sp³-hybridized carbons (Fsp3) is 0.538. The van der Waals surface area contributed by atoms with Crippen LogP contribution in [0.2, 0.25) is 5.02 Å². The van der Waals surface area contributed by atoms with Crippen molar-refractivity contribution in [2.45, 2.75) is 25.0 Å². The van der Waals surface area contributed by atoms with E-state index in [-0.39, 0.29) is 5.54 Å².